The van der Waals surface area contributed by atoms with Crippen molar-refractivity contribution in [3.05, 3.63) is 83.4 Å². The summed E-state index contributed by atoms with van der Waals surface area (Å²) in [7, 11) is -3.68. The molecule has 0 aliphatic heterocycles. The summed E-state index contributed by atoms with van der Waals surface area (Å²) in [5, 5.41) is 3.34. The van der Waals surface area contributed by atoms with Crippen molar-refractivity contribution in [1.29, 1.82) is 0 Å². The smallest absolute Gasteiger partial charge is 0.261 e. The number of rotatable bonds is 5. The molecule has 1 heterocycles. The Bertz CT molecular complexity index is 1330. The Morgan fingerprint density at radius 3 is 2.37 bits per heavy atom. The molecule has 0 aliphatic carbocycles. The average molecular weight is 438 g/mol. The molecule has 0 saturated carbocycles. The van der Waals surface area contributed by atoms with E-state index < -0.39 is 10.0 Å². The van der Waals surface area contributed by atoms with Crippen molar-refractivity contribution < 1.29 is 13.2 Å². The summed E-state index contributed by atoms with van der Waals surface area (Å²) in [5.41, 5.74) is 3.89. The van der Waals surface area contributed by atoms with E-state index in [1.807, 2.05) is 19.9 Å². The highest BCUT2D eigenvalue weighted by atomic mass is 32.2. The molecule has 0 saturated heterocycles. The van der Waals surface area contributed by atoms with Crippen LogP contribution in [0.3, 0.4) is 0 Å². The summed E-state index contributed by atoms with van der Waals surface area (Å²) in [5.74, 6) is -0.305. The van der Waals surface area contributed by atoms with E-state index in [0.29, 0.717) is 16.4 Å². The van der Waals surface area contributed by atoms with Gasteiger partial charge in [0.05, 0.1) is 15.1 Å². The van der Waals surface area contributed by atoms with Crippen LogP contribution in [0.15, 0.2) is 71.6 Å². The zero-order valence-corrected chi connectivity index (χ0v) is 18.0. The number of hydrogen-bond acceptors (Lipinski definition) is 5. The Labute approximate surface area is 178 Å². The second-order valence-corrected chi connectivity index (χ2v) is 9.58. The van der Waals surface area contributed by atoms with E-state index in [4.69, 9.17) is 0 Å². The lowest BCUT2D eigenvalue weighted by Crippen LogP contribution is -2.14. The molecule has 0 aliphatic rings. The highest BCUT2D eigenvalue weighted by molar-refractivity contribution is 7.92. The van der Waals surface area contributed by atoms with Gasteiger partial charge in [0.1, 0.15) is 0 Å². The maximum atomic E-state index is 12.6. The maximum absolute atomic E-state index is 12.6. The number of thiazole rings is 1. The van der Waals surface area contributed by atoms with Gasteiger partial charge in [0, 0.05) is 11.3 Å². The molecule has 4 rings (SSSR count). The first-order valence-electron chi connectivity index (χ1n) is 9.19. The predicted octanol–water partition coefficient (Wildman–Crippen LogP) is 4.97. The van der Waals surface area contributed by atoms with E-state index in [2.05, 4.69) is 21.1 Å². The summed E-state index contributed by atoms with van der Waals surface area (Å²) in [6.07, 6.45) is 0. The molecule has 0 spiro atoms. The van der Waals surface area contributed by atoms with Crippen molar-refractivity contribution >= 4 is 48.3 Å². The lowest BCUT2D eigenvalue weighted by atomic mass is 10.1. The van der Waals surface area contributed by atoms with Crippen molar-refractivity contribution in [2.24, 2.45) is 0 Å². The van der Waals surface area contributed by atoms with Crippen LogP contribution in [0.25, 0.3) is 10.2 Å². The number of hydrogen-bond donors (Lipinski definition) is 2. The normalized spacial score (nSPS) is 11.4. The minimum Gasteiger partial charge on any atom is -0.298 e. The largest absolute Gasteiger partial charge is 0.298 e. The minimum atomic E-state index is -3.68. The first-order chi connectivity index (χ1) is 14.3. The zero-order valence-electron chi connectivity index (χ0n) is 16.3. The van der Waals surface area contributed by atoms with Crippen molar-refractivity contribution in [3.63, 3.8) is 0 Å². The molecule has 3 aromatic carbocycles. The Hall–Kier alpha value is -3.23. The van der Waals surface area contributed by atoms with Gasteiger partial charge in [-0.3, -0.25) is 14.8 Å². The fourth-order valence-electron chi connectivity index (χ4n) is 3.10. The number of carbonyl (C=O) groups is 1. The number of benzene rings is 3. The van der Waals surface area contributed by atoms with Crippen molar-refractivity contribution in [2.75, 3.05) is 10.0 Å². The van der Waals surface area contributed by atoms with Crippen LogP contribution in [0.4, 0.5) is 10.8 Å². The van der Waals surface area contributed by atoms with Crippen molar-refractivity contribution in [3.8, 4) is 0 Å². The first kappa shape index (κ1) is 20.1. The van der Waals surface area contributed by atoms with Crippen LogP contribution >= 0.6 is 11.3 Å². The number of aromatic nitrogens is 1. The van der Waals surface area contributed by atoms with E-state index >= 15 is 0 Å². The fraction of sp³-hybridized carbons (Fsp3) is 0.0909. The van der Waals surface area contributed by atoms with Gasteiger partial charge >= 0.3 is 0 Å². The zero-order chi connectivity index (χ0) is 21.3. The van der Waals surface area contributed by atoms with Crippen LogP contribution in [0.5, 0.6) is 0 Å². The van der Waals surface area contributed by atoms with E-state index in [-0.39, 0.29) is 10.8 Å². The topological polar surface area (TPSA) is 88.2 Å². The summed E-state index contributed by atoms with van der Waals surface area (Å²) < 4.78 is 28.4. The predicted molar refractivity (Wildman–Crippen MR) is 121 cm³/mol. The molecule has 1 amide bonds. The van der Waals surface area contributed by atoms with Gasteiger partial charge in [-0.2, -0.15) is 0 Å². The quantitative estimate of drug-likeness (QED) is 0.462. The van der Waals surface area contributed by atoms with Crippen LogP contribution < -0.4 is 10.0 Å². The van der Waals surface area contributed by atoms with Crippen LogP contribution in [0, 0.1) is 13.8 Å². The number of nitrogens with zero attached hydrogens (tertiary/aromatic N) is 1. The van der Waals surface area contributed by atoms with Crippen molar-refractivity contribution in [1.82, 2.24) is 4.98 Å². The summed E-state index contributed by atoms with van der Waals surface area (Å²) in [6.45, 7) is 4.03. The third-order valence-corrected chi connectivity index (χ3v) is 7.01. The molecule has 0 radical (unpaired) electrons. The van der Waals surface area contributed by atoms with Gasteiger partial charge in [-0.1, -0.05) is 35.6 Å². The molecular formula is C22H19N3O3S2. The third-order valence-electron chi connectivity index (χ3n) is 4.49. The third kappa shape index (κ3) is 4.19. The molecule has 0 atom stereocenters. The lowest BCUT2D eigenvalue weighted by molar-refractivity contribution is 0.102. The average Bonchev–Trinajstić information content (AvgIpc) is 3.11. The molecule has 0 fully saturated rings. The standard InChI is InChI=1S/C22H19N3O3S2/c1-14-12-15(2)20-19(13-14)23-22(29-20)24-21(26)16-8-10-17(11-9-16)25-30(27,28)18-6-4-3-5-7-18/h3-13,25H,1-2H3,(H,23,24,26). The first-order valence-corrected chi connectivity index (χ1v) is 11.5. The van der Waals surface area contributed by atoms with E-state index in [1.165, 1.54) is 23.5 Å². The molecule has 0 unspecified atom stereocenters. The summed E-state index contributed by atoms with van der Waals surface area (Å²) in [6, 6.07) is 18.4. The van der Waals surface area contributed by atoms with E-state index in [0.717, 1.165) is 21.3 Å². The molecule has 0 bridgehead atoms. The van der Waals surface area contributed by atoms with Gasteiger partial charge in [-0.15, -0.1) is 0 Å². The Balaban J connectivity index is 1.49. The highest BCUT2D eigenvalue weighted by Gasteiger charge is 2.15. The lowest BCUT2D eigenvalue weighted by Gasteiger charge is -2.08. The molecule has 6 nitrogen and oxygen atoms in total. The highest BCUT2D eigenvalue weighted by Crippen LogP contribution is 2.30. The maximum Gasteiger partial charge on any atom is 0.261 e. The number of aryl methyl sites for hydroxylation is 2. The second kappa shape index (κ2) is 7.89. The molecule has 30 heavy (non-hydrogen) atoms. The molecule has 1 aromatic heterocycles. The molecule has 4 aromatic rings. The van der Waals surface area contributed by atoms with Crippen LogP contribution in [0.1, 0.15) is 21.5 Å². The Kier molecular flexibility index (Phi) is 5.27. The molecule has 2 N–H and O–H groups in total. The van der Waals surface area contributed by atoms with Gasteiger partial charge in [-0.05, 0) is 67.4 Å². The van der Waals surface area contributed by atoms with Gasteiger partial charge in [0.15, 0.2) is 5.13 Å². The van der Waals surface area contributed by atoms with Crippen LogP contribution in [0.2, 0.25) is 0 Å². The van der Waals surface area contributed by atoms with Gasteiger partial charge in [0.25, 0.3) is 15.9 Å². The van der Waals surface area contributed by atoms with Crippen LogP contribution in [-0.4, -0.2) is 19.3 Å². The van der Waals surface area contributed by atoms with Crippen molar-refractivity contribution in [2.45, 2.75) is 18.7 Å². The number of sulfonamides is 1. The van der Waals surface area contributed by atoms with Gasteiger partial charge < -0.3 is 0 Å². The number of amides is 1. The summed E-state index contributed by atoms with van der Waals surface area (Å²) in [4.78, 5) is 17.2. The minimum absolute atomic E-state index is 0.174. The van der Waals surface area contributed by atoms with Gasteiger partial charge in [0.2, 0.25) is 0 Å². The summed E-state index contributed by atoms with van der Waals surface area (Å²) >= 11 is 1.43. The number of fused-ring (bicyclic) bond motifs is 1. The second-order valence-electron chi connectivity index (χ2n) is 6.90. The Morgan fingerprint density at radius 1 is 0.967 bits per heavy atom. The molecule has 8 heteroatoms. The van der Waals surface area contributed by atoms with Crippen LogP contribution in [-0.2, 0) is 10.0 Å². The van der Waals surface area contributed by atoms with E-state index in [9.17, 15) is 13.2 Å². The van der Waals surface area contributed by atoms with E-state index in [1.54, 1.807) is 42.5 Å². The fourth-order valence-corrected chi connectivity index (χ4v) is 5.09. The van der Waals surface area contributed by atoms with Gasteiger partial charge in [-0.25, -0.2) is 13.4 Å². The molecular weight excluding hydrogens is 418 g/mol. The SMILES string of the molecule is Cc1cc(C)c2sc(NC(=O)c3ccc(NS(=O)(=O)c4ccccc4)cc3)nc2c1. The number of nitrogens with one attached hydrogen (secondary N) is 2. The number of anilines is 2. The number of carbonyl (C=O) groups excluding carboxylic acids is 1. The molecule has 152 valence electrons. The Morgan fingerprint density at radius 2 is 1.67 bits per heavy atom. The monoisotopic (exact) mass is 437 g/mol.